The third kappa shape index (κ3) is 2.45. The predicted octanol–water partition coefficient (Wildman–Crippen LogP) is 2.67. The molecule has 5 heteroatoms. The van der Waals surface area contributed by atoms with Crippen molar-refractivity contribution in [2.75, 3.05) is 0 Å². The molecule has 17 heavy (non-hydrogen) atoms. The van der Waals surface area contributed by atoms with Crippen LogP contribution in [0.4, 0.5) is 13.2 Å². The van der Waals surface area contributed by atoms with Crippen molar-refractivity contribution in [1.29, 1.82) is 0 Å². The standard InChI is InChI=1S/C12H14F3NO/c1-6-2-3-11(17-6)12(16)7-4-9(14)10(15)5-8(7)13/h4-6,11-12H,2-3,16H2,1H3. The van der Waals surface area contributed by atoms with E-state index in [0.717, 1.165) is 12.5 Å². The molecule has 1 aromatic rings. The average Bonchev–Trinajstić information content (AvgIpc) is 2.69. The highest BCUT2D eigenvalue weighted by molar-refractivity contribution is 5.24. The minimum atomic E-state index is -1.21. The molecular formula is C12H14F3NO. The van der Waals surface area contributed by atoms with E-state index in [1.54, 1.807) is 0 Å². The molecule has 1 heterocycles. The van der Waals surface area contributed by atoms with Crippen molar-refractivity contribution in [2.24, 2.45) is 5.73 Å². The quantitative estimate of drug-likeness (QED) is 0.813. The van der Waals surface area contributed by atoms with Crippen molar-refractivity contribution in [3.63, 3.8) is 0 Å². The topological polar surface area (TPSA) is 35.2 Å². The number of benzene rings is 1. The summed E-state index contributed by atoms with van der Waals surface area (Å²) in [6, 6.07) is 0.556. The molecule has 2 N–H and O–H groups in total. The fourth-order valence-electron chi connectivity index (χ4n) is 2.09. The molecule has 3 atom stereocenters. The third-order valence-electron chi connectivity index (χ3n) is 3.06. The Labute approximate surface area is 97.6 Å². The molecule has 0 aromatic heterocycles. The molecule has 2 nitrogen and oxygen atoms in total. The highest BCUT2D eigenvalue weighted by atomic mass is 19.2. The number of nitrogens with two attached hydrogens (primary N) is 1. The minimum Gasteiger partial charge on any atom is -0.373 e. The molecule has 0 radical (unpaired) electrons. The molecule has 1 aliphatic rings. The Morgan fingerprint density at radius 3 is 2.41 bits per heavy atom. The van der Waals surface area contributed by atoms with E-state index < -0.39 is 23.5 Å². The zero-order chi connectivity index (χ0) is 12.6. The molecule has 94 valence electrons. The van der Waals surface area contributed by atoms with Crippen molar-refractivity contribution < 1.29 is 17.9 Å². The summed E-state index contributed by atoms with van der Waals surface area (Å²) < 4.78 is 44.8. The van der Waals surface area contributed by atoms with E-state index in [0.29, 0.717) is 12.5 Å². The Kier molecular flexibility index (Phi) is 3.40. The molecule has 0 amide bonds. The summed E-state index contributed by atoms with van der Waals surface area (Å²) in [6.07, 6.45) is 1.26. The summed E-state index contributed by atoms with van der Waals surface area (Å²) in [5, 5.41) is 0. The van der Waals surface area contributed by atoms with Crippen LogP contribution in [0.1, 0.15) is 31.4 Å². The first kappa shape index (κ1) is 12.4. The van der Waals surface area contributed by atoms with Crippen molar-refractivity contribution in [1.82, 2.24) is 0 Å². The largest absolute Gasteiger partial charge is 0.373 e. The number of hydrogen-bond acceptors (Lipinski definition) is 2. The van der Waals surface area contributed by atoms with Gasteiger partial charge >= 0.3 is 0 Å². The summed E-state index contributed by atoms with van der Waals surface area (Å²) in [5.41, 5.74) is 5.79. The average molecular weight is 245 g/mol. The van der Waals surface area contributed by atoms with Gasteiger partial charge in [0, 0.05) is 11.6 Å². The van der Waals surface area contributed by atoms with Gasteiger partial charge in [0.25, 0.3) is 0 Å². The highest BCUT2D eigenvalue weighted by Gasteiger charge is 2.30. The van der Waals surface area contributed by atoms with Gasteiger partial charge < -0.3 is 10.5 Å². The maximum atomic E-state index is 13.5. The summed E-state index contributed by atoms with van der Waals surface area (Å²) >= 11 is 0. The lowest BCUT2D eigenvalue weighted by Gasteiger charge is -2.20. The lowest BCUT2D eigenvalue weighted by Crippen LogP contribution is -2.27. The summed E-state index contributed by atoms with van der Waals surface area (Å²) in [4.78, 5) is 0. The molecular weight excluding hydrogens is 231 g/mol. The number of ether oxygens (including phenoxy) is 1. The van der Waals surface area contributed by atoms with Crippen LogP contribution in [0.25, 0.3) is 0 Å². The monoisotopic (exact) mass is 245 g/mol. The first-order chi connectivity index (χ1) is 7.99. The van der Waals surface area contributed by atoms with Gasteiger partial charge in [-0.3, -0.25) is 0 Å². The summed E-state index contributed by atoms with van der Waals surface area (Å²) in [7, 11) is 0. The molecule has 2 rings (SSSR count). The Hall–Kier alpha value is -1.07. The zero-order valence-corrected chi connectivity index (χ0v) is 9.42. The Balaban J connectivity index is 2.24. The van der Waals surface area contributed by atoms with Crippen LogP contribution in [0.2, 0.25) is 0 Å². The number of hydrogen-bond donors (Lipinski definition) is 1. The first-order valence-electron chi connectivity index (χ1n) is 5.54. The molecule has 3 unspecified atom stereocenters. The van der Waals surface area contributed by atoms with Gasteiger partial charge in [-0.05, 0) is 25.8 Å². The van der Waals surface area contributed by atoms with E-state index >= 15 is 0 Å². The van der Waals surface area contributed by atoms with Crippen molar-refractivity contribution in [3.05, 3.63) is 35.1 Å². The molecule has 0 saturated carbocycles. The van der Waals surface area contributed by atoms with Gasteiger partial charge in [-0.2, -0.15) is 0 Å². The zero-order valence-electron chi connectivity index (χ0n) is 9.42. The van der Waals surface area contributed by atoms with E-state index in [9.17, 15) is 13.2 Å². The predicted molar refractivity (Wildman–Crippen MR) is 56.8 cm³/mol. The Bertz CT molecular complexity index is 424. The second kappa shape index (κ2) is 4.66. The van der Waals surface area contributed by atoms with Crippen LogP contribution < -0.4 is 5.73 Å². The smallest absolute Gasteiger partial charge is 0.161 e. The van der Waals surface area contributed by atoms with E-state index in [-0.39, 0.29) is 17.8 Å². The number of rotatable bonds is 2. The highest BCUT2D eigenvalue weighted by Crippen LogP contribution is 2.30. The summed E-state index contributed by atoms with van der Waals surface area (Å²) in [5.74, 6) is -3.14. The van der Waals surface area contributed by atoms with Gasteiger partial charge in [-0.15, -0.1) is 0 Å². The van der Waals surface area contributed by atoms with Crippen molar-refractivity contribution >= 4 is 0 Å². The lowest BCUT2D eigenvalue weighted by molar-refractivity contribution is 0.0393. The van der Waals surface area contributed by atoms with Crippen LogP contribution in [0.5, 0.6) is 0 Å². The van der Waals surface area contributed by atoms with Gasteiger partial charge in [-0.25, -0.2) is 13.2 Å². The van der Waals surface area contributed by atoms with E-state index in [4.69, 9.17) is 10.5 Å². The van der Waals surface area contributed by atoms with Crippen molar-refractivity contribution in [3.8, 4) is 0 Å². The normalized spacial score (nSPS) is 26.2. The van der Waals surface area contributed by atoms with Crippen LogP contribution in [0, 0.1) is 17.5 Å². The first-order valence-corrected chi connectivity index (χ1v) is 5.54. The SMILES string of the molecule is CC1CCC(C(N)c2cc(F)c(F)cc2F)O1. The van der Waals surface area contributed by atoms with E-state index in [1.165, 1.54) is 0 Å². The van der Waals surface area contributed by atoms with Crippen LogP contribution in [-0.2, 0) is 4.74 Å². The maximum absolute atomic E-state index is 13.5. The second-order valence-electron chi connectivity index (χ2n) is 4.38. The number of halogens is 3. The molecule has 0 aliphatic carbocycles. The van der Waals surface area contributed by atoms with Crippen molar-refractivity contribution in [2.45, 2.75) is 38.0 Å². The molecule has 1 saturated heterocycles. The van der Waals surface area contributed by atoms with E-state index in [2.05, 4.69) is 0 Å². The van der Waals surface area contributed by atoms with Gasteiger partial charge in [0.05, 0.1) is 18.2 Å². The molecule has 1 fully saturated rings. The molecule has 0 bridgehead atoms. The minimum absolute atomic E-state index is 0.0389. The fraction of sp³-hybridized carbons (Fsp3) is 0.500. The van der Waals surface area contributed by atoms with Gasteiger partial charge in [0.15, 0.2) is 11.6 Å². The van der Waals surface area contributed by atoms with Gasteiger partial charge in [-0.1, -0.05) is 0 Å². The van der Waals surface area contributed by atoms with Gasteiger partial charge in [0.1, 0.15) is 5.82 Å². The molecule has 1 aliphatic heterocycles. The Morgan fingerprint density at radius 2 is 1.82 bits per heavy atom. The van der Waals surface area contributed by atoms with Crippen LogP contribution in [0.15, 0.2) is 12.1 Å². The lowest BCUT2D eigenvalue weighted by atomic mass is 9.99. The van der Waals surface area contributed by atoms with Gasteiger partial charge in [0.2, 0.25) is 0 Å². The van der Waals surface area contributed by atoms with Crippen LogP contribution in [0.3, 0.4) is 0 Å². The van der Waals surface area contributed by atoms with Crippen LogP contribution >= 0.6 is 0 Å². The molecule has 0 spiro atoms. The fourth-order valence-corrected chi connectivity index (χ4v) is 2.09. The van der Waals surface area contributed by atoms with Crippen LogP contribution in [-0.4, -0.2) is 12.2 Å². The third-order valence-corrected chi connectivity index (χ3v) is 3.06. The summed E-state index contributed by atoms with van der Waals surface area (Å²) in [6.45, 7) is 1.90. The van der Waals surface area contributed by atoms with E-state index in [1.807, 2.05) is 6.92 Å². The maximum Gasteiger partial charge on any atom is 0.161 e. The molecule has 1 aromatic carbocycles. The second-order valence-corrected chi connectivity index (χ2v) is 4.38. The Morgan fingerprint density at radius 1 is 1.18 bits per heavy atom.